The molecule has 2 aliphatic rings. The summed E-state index contributed by atoms with van der Waals surface area (Å²) in [6, 6.07) is 0. The summed E-state index contributed by atoms with van der Waals surface area (Å²) in [6.45, 7) is 3.37. The summed E-state index contributed by atoms with van der Waals surface area (Å²) in [7, 11) is 1.46. The van der Waals surface area contributed by atoms with Crippen molar-refractivity contribution in [3.05, 3.63) is 26.6 Å². The number of nitrogens with zero attached hydrogens (tertiary/aromatic N) is 1. The predicted octanol–water partition coefficient (Wildman–Crippen LogP) is 1.85. The average molecular weight is 344 g/mol. The highest BCUT2D eigenvalue weighted by Crippen LogP contribution is 2.49. The van der Waals surface area contributed by atoms with E-state index in [4.69, 9.17) is 9.47 Å². The van der Waals surface area contributed by atoms with Gasteiger partial charge in [0.15, 0.2) is 5.75 Å². The van der Waals surface area contributed by atoms with Crippen LogP contribution in [0.3, 0.4) is 0 Å². The van der Waals surface area contributed by atoms with Crippen LogP contribution in [0.4, 0.5) is 0 Å². The Kier molecular flexibility index (Phi) is 3.43. The van der Waals surface area contributed by atoms with Crippen molar-refractivity contribution < 1.29 is 14.6 Å². The maximum absolute atomic E-state index is 12.2. The molecular formula is C14H18BrNO4. The number of ether oxygens (including phenoxy) is 2. The van der Waals surface area contributed by atoms with Gasteiger partial charge >= 0.3 is 0 Å². The van der Waals surface area contributed by atoms with Crippen LogP contribution in [0.1, 0.15) is 31.6 Å². The van der Waals surface area contributed by atoms with Gasteiger partial charge in [0.05, 0.1) is 23.4 Å². The molecule has 2 aliphatic heterocycles. The van der Waals surface area contributed by atoms with Crippen molar-refractivity contribution in [2.45, 2.75) is 38.5 Å². The molecule has 0 amide bonds. The molecule has 6 heteroatoms. The van der Waals surface area contributed by atoms with Gasteiger partial charge in [0.1, 0.15) is 6.10 Å². The molecule has 110 valence electrons. The molecule has 1 N–H and O–H groups in total. The molecule has 0 saturated carbocycles. The van der Waals surface area contributed by atoms with Crippen LogP contribution in [0.2, 0.25) is 0 Å². The SMILES string of the molecule is COc1c2n(cc(Br)c1=O)CC1OCCC[C@]1(C)C2O. The minimum absolute atomic E-state index is 0.0436. The lowest BCUT2D eigenvalue weighted by Crippen LogP contribution is -2.50. The molecule has 2 unspecified atom stereocenters. The Morgan fingerprint density at radius 2 is 2.35 bits per heavy atom. The first-order chi connectivity index (χ1) is 9.49. The van der Waals surface area contributed by atoms with E-state index in [0.29, 0.717) is 16.7 Å². The number of aromatic nitrogens is 1. The average Bonchev–Trinajstić information content (AvgIpc) is 2.43. The maximum Gasteiger partial charge on any atom is 0.237 e. The molecule has 0 bridgehead atoms. The molecule has 1 aromatic heterocycles. The number of methoxy groups -OCH3 is 1. The zero-order chi connectivity index (χ0) is 14.5. The maximum atomic E-state index is 12.2. The molecule has 1 fully saturated rings. The number of pyridine rings is 1. The van der Waals surface area contributed by atoms with Gasteiger partial charge in [0, 0.05) is 24.8 Å². The lowest BCUT2D eigenvalue weighted by molar-refractivity contribution is -0.153. The molecule has 0 aliphatic carbocycles. The first kappa shape index (κ1) is 14.1. The van der Waals surface area contributed by atoms with Gasteiger partial charge in [-0.25, -0.2) is 0 Å². The van der Waals surface area contributed by atoms with Gasteiger partial charge in [-0.3, -0.25) is 4.79 Å². The summed E-state index contributed by atoms with van der Waals surface area (Å²) in [5.74, 6) is 0.220. The fourth-order valence-corrected chi connectivity index (χ4v) is 3.77. The third kappa shape index (κ3) is 1.85. The smallest absolute Gasteiger partial charge is 0.237 e. The Morgan fingerprint density at radius 1 is 1.60 bits per heavy atom. The van der Waals surface area contributed by atoms with Crippen LogP contribution in [0.5, 0.6) is 5.75 Å². The first-order valence-electron chi connectivity index (χ1n) is 6.75. The van der Waals surface area contributed by atoms with E-state index < -0.39 is 6.10 Å². The van der Waals surface area contributed by atoms with Crippen molar-refractivity contribution in [3.63, 3.8) is 0 Å². The molecule has 0 aromatic carbocycles. The largest absolute Gasteiger partial charge is 0.491 e. The van der Waals surface area contributed by atoms with Crippen molar-refractivity contribution >= 4 is 15.9 Å². The molecule has 0 spiro atoms. The van der Waals surface area contributed by atoms with E-state index in [1.807, 2.05) is 11.5 Å². The van der Waals surface area contributed by atoms with E-state index in [-0.39, 0.29) is 22.7 Å². The molecule has 5 nitrogen and oxygen atoms in total. The normalized spacial score (nSPS) is 32.4. The number of aliphatic hydroxyl groups is 1. The summed E-state index contributed by atoms with van der Waals surface area (Å²) in [6.07, 6.45) is 2.70. The Morgan fingerprint density at radius 3 is 3.05 bits per heavy atom. The van der Waals surface area contributed by atoms with Gasteiger partial charge in [-0.15, -0.1) is 0 Å². The van der Waals surface area contributed by atoms with E-state index in [1.165, 1.54) is 7.11 Å². The van der Waals surface area contributed by atoms with Crippen molar-refractivity contribution in [1.82, 2.24) is 4.57 Å². The van der Waals surface area contributed by atoms with Crippen molar-refractivity contribution in [2.24, 2.45) is 5.41 Å². The molecule has 0 radical (unpaired) electrons. The van der Waals surface area contributed by atoms with Crippen LogP contribution in [0.25, 0.3) is 0 Å². The molecule has 3 atom stereocenters. The van der Waals surface area contributed by atoms with Gasteiger partial charge in [0.25, 0.3) is 0 Å². The Labute approximate surface area is 125 Å². The predicted molar refractivity (Wildman–Crippen MR) is 77.0 cm³/mol. The number of hydrogen-bond donors (Lipinski definition) is 1. The number of aliphatic hydroxyl groups excluding tert-OH is 1. The highest BCUT2D eigenvalue weighted by Gasteiger charge is 2.49. The fourth-order valence-electron chi connectivity index (χ4n) is 3.34. The van der Waals surface area contributed by atoms with E-state index in [1.54, 1.807) is 6.20 Å². The highest BCUT2D eigenvalue weighted by atomic mass is 79.9. The Bertz CT molecular complexity index is 600. The van der Waals surface area contributed by atoms with Gasteiger partial charge in [0.2, 0.25) is 5.43 Å². The lowest BCUT2D eigenvalue weighted by Gasteiger charge is -2.49. The quantitative estimate of drug-likeness (QED) is 0.845. The zero-order valence-corrected chi connectivity index (χ0v) is 13.1. The second-order valence-corrected chi connectivity index (χ2v) is 6.60. The molecule has 3 rings (SSSR count). The van der Waals surface area contributed by atoms with E-state index >= 15 is 0 Å². The van der Waals surface area contributed by atoms with Crippen LogP contribution in [0, 0.1) is 5.41 Å². The summed E-state index contributed by atoms with van der Waals surface area (Å²) in [4.78, 5) is 12.2. The molecule has 1 aromatic rings. The van der Waals surface area contributed by atoms with Crippen LogP contribution < -0.4 is 10.2 Å². The van der Waals surface area contributed by atoms with Gasteiger partial charge in [-0.05, 0) is 28.8 Å². The minimum Gasteiger partial charge on any atom is -0.491 e. The van der Waals surface area contributed by atoms with Crippen LogP contribution in [-0.4, -0.2) is 29.5 Å². The number of fused-ring (bicyclic) bond motifs is 2. The van der Waals surface area contributed by atoms with Gasteiger partial charge < -0.3 is 19.1 Å². The minimum atomic E-state index is -0.766. The third-order valence-corrected chi connectivity index (χ3v) is 5.16. The molecule has 20 heavy (non-hydrogen) atoms. The number of hydrogen-bond acceptors (Lipinski definition) is 4. The number of rotatable bonds is 1. The van der Waals surface area contributed by atoms with E-state index in [9.17, 15) is 9.90 Å². The topological polar surface area (TPSA) is 60.7 Å². The zero-order valence-electron chi connectivity index (χ0n) is 11.6. The van der Waals surface area contributed by atoms with Crippen molar-refractivity contribution in [3.8, 4) is 5.75 Å². The van der Waals surface area contributed by atoms with Gasteiger partial charge in [-0.1, -0.05) is 6.92 Å². The second kappa shape index (κ2) is 4.86. The Balaban J connectivity index is 2.20. The summed E-state index contributed by atoms with van der Waals surface area (Å²) in [5.41, 5.74) is -0.0345. The third-order valence-electron chi connectivity index (χ3n) is 4.60. The van der Waals surface area contributed by atoms with Crippen LogP contribution in [0.15, 0.2) is 15.5 Å². The molecular weight excluding hydrogens is 326 g/mol. The summed E-state index contributed by atoms with van der Waals surface area (Å²) < 4.78 is 13.4. The van der Waals surface area contributed by atoms with Crippen LogP contribution >= 0.6 is 15.9 Å². The highest BCUT2D eigenvalue weighted by molar-refractivity contribution is 9.10. The summed E-state index contributed by atoms with van der Waals surface area (Å²) >= 11 is 3.25. The lowest BCUT2D eigenvalue weighted by atomic mass is 9.70. The standard InChI is InChI=1S/C14H18BrNO4/c1-14-4-3-5-20-9(14)7-16-6-8(15)11(17)12(19-2)10(16)13(14)18/h6,9,13,18H,3-5,7H2,1-2H3/t9?,13?,14-/m0/s1. The monoisotopic (exact) mass is 343 g/mol. The van der Waals surface area contributed by atoms with Crippen molar-refractivity contribution in [1.29, 1.82) is 0 Å². The van der Waals surface area contributed by atoms with E-state index in [0.717, 1.165) is 19.4 Å². The summed E-state index contributed by atoms with van der Waals surface area (Å²) in [5, 5.41) is 10.8. The molecule has 3 heterocycles. The Hall–Kier alpha value is -0.850. The van der Waals surface area contributed by atoms with Crippen LogP contribution in [-0.2, 0) is 11.3 Å². The van der Waals surface area contributed by atoms with Gasteiger partial charge in [-0.2, -0.15) is 0 Å². The number of halogens is 1. The second-order valence-electron chi connectivity index (χ2n) is 5.75. The fraction of sp³-hybridized carbons (Fsp3) is 0.643. The van der Waals surface area contributed by atoms with Crippen molar-refractivity contribution in [2.75, 3.05) is 13.7 Å². The van der Waals surface area contributed by atoms with E-state index in [2.05, 4.69) is 15.9 Å². The first-order valence-corrected chi connectivity index (χ1v) is 7.55. The molecule has 1 saturated heterocycles.